The Bertz CT molecular complexity index is 561. The number of ether oxygens (including phenoxy) is 1. The maximum atomic E-state index is 11.3. The van der Waals surface area contributed by atoms with Crippen molar-refractivity contribution in [1.82, 2.24) is 0 Å². The van der Waals surface area contributed by atoms with Crippen molar-refractivity contribution in [3.63, 3.8) is 0 Å². The minimum atomic E-state index is -0.0875. The monoisotopic (exact) mass is 282 g/mol. The smallest absolute Gasteiger partial charge is 0.305 e. The summed E-state index contributed by atoms with van der Waals surface area (Å²) in [5.41, 5.74) is 3.81. The molecule has 0 heterocycles. The molecule has 2 nitrogen and oxygen atoms in total. The number of hydrogen-bond acceptors (Lipinski definition) is 2. The Hall–Kier alpha value is -2.09. The molecule has 0 atom stereocenters. The van der Waals surface area contributed by atoms with Crippen molar-refractivity contribution in [3.05, 3.63) is 60.2 Å². The Morgan fingerprint density at radius 2 is 1.71 bits per heavy atom. The molecule has 2 aromatic rings. The summed E-state index contributed by atoms with van der Waals surface area (Å²) < 4.78 is 4.93. The van der Waals surface area contributed by atoms with Crippen LogP contribution in [0.1, 0.15) is 31.7 Å². The number of carbonyl (C=O) groups is 1. The molecule has 0 spiro atoms. The van der Waals surface area contributed by atoms with Gasteiger partial charge in [-0.3, -0.25) is 4.79 Å². The van der Waals surface area contributed by atoms with E-state index < -0.39 is 0 Å². The molecule has 0 aliphatic heterocycles. The molecule has 0 aliphatic carbocycles. The van der Waals surface area contributed by atoms with Crippen LogP contribution in [0.5, 0.6) is 0 Å². The van der Waals surface area contributed by atoms with Crippen LogP contribution in [0.2, 0.25) is 0 Å². The van der Waals surface area contributed by atoms with Crippen LogP contribution in [-0.2, 0) is 16.0 Å². The van der Waals surface area contributed by atoms with Crippen LogP contribution in [-0.4, -0.2) is 12.6 Å². The Morgan fingerprint density at radius 1 is 0.952 bits per heavy atom. The fraction of sp³-hybridized carbons (Fsp3) is 0.316. The van der Waals surface area contributed by atoms with Crippen molar-refractivity contribution in [2.45, 2.75) is 32.6 Å². The van der Waals surface area contributed by atoms with Gasteiger partial charge in [-0.25, -0.2) is 0 Å². The molecule has 0 unspecified atom stereocenters. The van der Waals surface area contributed by atoms with Crippen LogP contribution in [0.25, 0.3) is 11.1 Å². The molecule has 0 saturated carbocycles. The Labute approximate surface area is 126 Å². The summed E-state index contributed by atoms with van der Waals surface area (Å²) in [5, 5.41) is 0. The summed E-state index contributed by atoms with van der Waals surface area (Å²) in [5.74, 6) is -0.0875. The third-order valence-corrected chi connectivity index (χ3v) is 3.44. The molecule has 0 fully saturated rings. The van der Waals surface area contributed by atoms with E-state index in [1.165, 1.54) is 16.7 Å². The molecule has 0 radical (unpaired) electrons. The lowest BCUT2D eigenvalue weighted by molar-refractivity contribution is -0.143. The van der Waals surface area contributed by atoms with E-state index in [4.69, 9.17) is 4.74 Å². The van der Waals surface area contributed by atoms with Crippen LogP contribution in [0, 0.1) is 0 Å². The molecular weight excluding hydrogens is 260 g/mol. The average molecular weight is 282 g/mol. The minimum Gasteiger partial charge on any atom is -0.466 e. The predicted molar refractivity (Wildman–Crippen MR) is 86.1 cm³/mol. The standard InChI is InChI=1S/C19H22O2/c1-2-21-19(20)14-7-6-9-16-10-8-13-18(15-16)17-11-4-3-5-12-17/h3-5,8,10-13,15H,2,6-7,9,14H2,1H3. The molecule has 0 amide bonds. The molecule has 2 heteroatoms. The van der Waals surface area contributed by atoms with Gasteiger partial charge in [-0.05, 0) is 42.9 Å². The zero-order chi connectivity index (χ0) is 14.9. The first-order chi connectivity index (χ1) is 10.3. The van der Waals surface area contributed by atoms with Gasteiger partial charge in [0.25, 0.3) is 0 Å². The van der Waals surface area contributed by atoms with E-state index in [0.29, 0.717) is 13.0 Å². The molecule has 0 aliphatic rings. The van der Waals surface area contributed by atoms with Gasteiger partial charge < -0.3 is 4.74 Å². The van der Waals surface area contributed by atoms with Crippen LogP contribution in [0.4, 0.5) is 0 Å². The number of aryl methyl sites for hydroxylation is 1. The highest BCUT2D eigenvalue weighted by Gasteiger charge is 2.02. The van der Waals surface area contributed by atoms with Crippen molar-refractivity contribution in [2.24, 2.45) is 0 Å². The van der Waals surface area contributed by atoms with E-state index in [1.807, 2.05) is 13.0 Å². The maximum Gasteiger partial charge on any atom is 0.305 e. The fourth-order valence-corrected chi connectivity index (χ4v) is 2.37. The van der Waals surface area contributed by atoms with Crippen molar-refractivity contribution in [1.29, 1.82) is 0 Å². The van der Waals surface area contributed by atoms with E-state index in [0.717, 1.165) is 19.3 Å². The SMILES string of the molecule is CCOC(=O)CCCCc1cccc(-c2ccccc2)c1. The highest BCUT2D eigenvalue weighted by molar-refractivity contribution is 5.69. The van der Waals surface area contributed by atoms with Crippen molar-refractivity contribution >= 4 is 5.97 Å². The second kappa shape index (κ2) is 8.25. The first-order valence-corrected chi connectivity index (χ1v) is 7.59. The predicted octanol–water partition coefficient (Wildman–Crippen LogP) is 4.63. The molecule has 110 valence electrons. The number of esters is 1. The summed E-state index contributed by atoms with van der Waals surface area (Å²) in [6.45, 7) is 2.31. The van der Waals surface area contributed by atoms with Gasteiger partial charge in [0.05, 0.1) is 6.61 Å². The summed E-state index contributed by atoms with van der Waals surface area (Å²) >= 11 is 0. The van der Waals surface area contributed by atoms with Gasteiger partial charge in [0.2, 0.25) is 0 Å². The molecule has 0 aromatic heterocycles. The Balaban J connectivity index is 1.86. The molecular formula is C19H22O2. The number of carbonyl (C=O) groups excluding carboxylic acids is 1. The normalized spacial score (nSPS) is 10.3. The van der Waals surface area contributed by atoms with Crippen molar-refractivity contribution in [2.75, 3.05) is 6.61 Å². The van der Waals surface area contributed by atoms with E-state index in [9.17, 15) is 4.79 Å². The zero-order valence-corrected chi connectivity index (χ0v) is 12.5. The van der Waals surface area contributed by atoms with Crippen molar-refractivity contribution < 1.29 is 9.53 Å². The number of benzene rings is 2. The highest BCUT2D eigenvalue weighted by atomic mass is 16.5. The van der Waals surface area contributed by atoms with Gasteiger partial charge >= 0.3 is 5.97 Å². The minimum absolute atomic E-state index is 0.0875. The molecule has 0 saturated heterocycles. The second-order valence-electron chi connectivity index (χ2n) is 5.08. The third kappa shape index (κ3) is 5.07. The first-order valence-electron chi connectivity index (χ1n) is 7.59. The van der Waals surface area contributed by atoms with Crippen LogP contribution in [0.15, 0.2) is 54.6 Å². The Morgan fingerprint density at radius 3 is 2.48 bits per heavy atom. The number of hydrogen-bond donors (Lipinski definition) is 0. The topological polar surface area (TPSA) is 26.3 Å². The van der Waals surface area contributed by atoms with E-state index >= 15 is 0 Å². The zero-order valence-electron chi connectivity index (χ0n) is 12.5. The lowest BCUT2D eigenvalue weighted by Gasteiger charge is -2.06. The molecule has 0 N–H and O–H groups in total. The van der Waals surface area contributed by atoms with Crippen molar-refractivity contribution in [3.8, 4) is 11.1 Å². The van der Waals surface area contributed by atoms with Crippen LogP contribution in [0.3, 0.4) is 0 Å². The van der Waals surface area contributed by atoms with Gasteiger partial charge in [-0.1, -0.05) is 54.6 Å². The molecule has 2 aromatic carbocycles. The fourth-order valence-electron chi connectivity index (χ4n) is 2.37. The highest BCUT2D eigenvalue weighted by Crippen LogP contribution is 2.20. The van der Waals surface area contributed by atoms with Gasteiger partial charge in [0.15, 0.2) is 0 Å². The van der Waals surface area contributed by atoms with Crippen LogP contribution >= 0.6 is 0 Å². The summed E-state index contributed by atoms with van der Waals surface area (Å²) in [6.07, 6.45) is 3.41. The number of rotatable bonds is 7. The van der Waals surface area contributed by atoms with Gasteiger partial charge in [0, 0.05) is 6.42 Å². The molecule has 2 rings (SSSR count). The molecule has 21 heavy (non-hydrogen) atoms. The van der Waals surface area contributed by atoms with E-state index in [-0.39, 0.29) is 5.97 Å². The average Bonchev–Trinajstić information content (AvgIpc) is 2.53. The van der Waals surface area contributed by atoms with E-state index in [2.05, 4.69) is 48.5 Å². The van der Waals surface area contributed by atoms with Crippen LogP contribution < -0.4 is 0 Å². The Kier molecular flexibility index (Phi) is 6.01. The lowest BCUT2D eigenvalue weighted by Crippen LogP contribution is -2.03. The van der Waals surface area contributed by atoms with E-state index in [1.54, 1.807) is 0 Å². The summed E-state index contributed by atoms with van der Waals surface area (Å²) in [4.78, 5) is 11.3. The molecule has 0 bridgehead atoms. The number of unbranched alkanes of at least 4 members (excludes halogenated alkanes) is 1. The maximum absolute atomic E-state index is 11.3. The quantitative estimate of drug-likeness (QED) is 0.546. The third-order valence-electron chi connectivity index (χ3n) is 3.44. The first kappa shape index (κ1) is 15.3. The summed E-state index contributed by atoms with van der Waals surface area (Å²) in [7, 11) is 0. The van der Waals surface area contributed by atoms with Gasteiger partial charge in [0.1, 0.15) is 0 Å². The second-order valence-corrected chi connectivity index (χ2v) is 5.08. The van der Waals surface area contributed by atoms with Gasteiger partial charge in [-0.2, -0.15) is 0 Å². The van der Waals surface area contributed by atoms with Gasteiger partial charge in [-0.15, -0.1) is 0 Å². The lowest BCUT2D eigenvalue weighted by atomic mass is 10.0. The largest absolute Gasteiger partial charge is 0.466 e. The summed E-state index contributed by atoms with van der Waals surface area (Å²) in [6, 6.07) is 19.0.